The van der Waals surface area contributed by atoms with E-state index in [0.717, 1.165) is 6.54 Å². The van der Waals surface area contributed by atoms with Gasteiger partial charge in [0.15, 0.2) is 0 Å². The molecule has 4 rings (SSSR count). The largest absolute Gasteiger partial charge is 0.361 e. The maximum Gasteiger partial charge on any atom is 0.0454 e. The zero-order valence-electron chi connectivity index (χ0n) is 11.6. The van der Waals surface area contributed by atoms with Crippen LogP contribution in [0.5, 0.6) is 0 Å². The van der Waals surface area contributed by atoms with Crippen LogP contribution in [0.3, 0.4) is 0 Å². The summed E-state index contributed by atoms with van der Waals surface area (Å²) in [4.78, 5) is 3.26. The number of hydrogen-bond donors (Lipinski definition) is 2. The zero-order valence-corrected chi connectivity index (χ0v) is 11.6. The van der Waals surface area contributed by atoms with Gasteiger partial charge in [-0.05, 0) is 47.2 Å². The van der Waals surface area contributed by atoms with E-state index < -0.39 is 0 Å². The number of hydrogen-bond acceptors (Lipinski definition) is 1. The predicted octanol–water partition coefficient (Wildman–Crippen LogP) is 3.96. The average Bonchev–Trinajstić information content (AvgIpc) is 2.95. The van der Waals surface area contributed by atoms with Gasteiger partial charge in [0.1, 0.15) is 0 Å². The number of fused-ring (bicyclic) bond motifs is 2. The third-order valence-electron chi connectivity index (χ3n) is 4.45. The minimum absolute atomic E-state index is 0.443. The fourth-order valence-corrected chi connectivity index (χ4v) is 3.32. The van der Waals surface area contributed by atoms with Crippen LogP contribution in [0, 0.1) is 0 Å². The van der Waals surface area contributed by atoms with Crippen molar-refractivity contribution in [2.75, 3.05) is 6.54 Å². The van der Waals surface area contributed by atoms with Gasteiger partial charge in [-0.15, -0.1) is 0 Å². The van der Waals surface area contributed by atoms with Crippen LogP contribution >= 0.6 is 0 Å². The quantitative estimate of drug-likeness (QED) is 0.682. The highest BCUT2D eigenvalue weighted by Crippen LogP contribution is 2.35. The highest BCUT2D eigenvalue weighted by Gasteiger charge is 2.25. The van der Waals surface area contributed by atoms with Gasteiger partial charge in [-0.25, -0.2) is 0 Å². The van der Waals surface area contributed by atoms with Crippen molar-refractivity contribution >= 4 is 10.9 Å². The maximum atomic E-state index is 3.62. The topological polar surface area (TPSA) is 27.8 Å². The van der Waals surface area contributed by atoms with Gasteiger partial charge in [-0.3, -0.25) is 0 Å². The van der Waals surface area contributed by atoms with Crippen molar-refractivity contribution in [3.05, 3.63) is 71.4 Å². The van der Waals surface area contributed by atoms with Crippen molar-refractivity contribution < 1.29 is 0 Å². The van der Waals surface area contributed by atoms with Crippen molar-refractivity contribution in [2.45, 2.75) is 18.9 Å². The summed E-state index contributed by atoms with van der Waals surface area (Å²) < 4.78 is 0. The summed E-state index contributed by atoms with van der Waals surface area (Å²) in [6, 6.07) is 18.1. The van der Waals surface area contributed by atoms with Gasteiger partial charge in [0.2, 0.25) is 0 Å². The summed E-state index contributed by atoms with van der Waals surface area (Å²) in [5, 5.41) is 4.91. The molecule has 100 valence electrons. The second-order valence-corrected chi connectivity index (χ2v) is 5.64. The summed E-state index contributed by atoms with van der Waals surface area (Å²) in [6.07, 6.45) is 2.00. The van der Waals surface area contributed by atoms with Gasteiger partial charge in [-0.2, -0.15) is 0 Å². The van der Waals surface area contributed by atoms with Crippen LogP contribution in [0.4, 0.5) is 0 Å². The molecule has 0 fully saturated rings. The standard InChI is InChI=1S/C18H18N2/c1-12-15-4-2-3-5-16(15)17(11-20-12)13-6-7-18-14(10-13)8-9-19-18/h2-10,12,17,19-20H,11H2,1H3/t12-,17+/m0/s1. The predicted molar refractivity (Wildman–Crippen MR) is 83.0 cm³/mol. The van der Waals surface area contributed by atoms with Crippen LogP contribution in [0.25, 0.3) is 10.9 Å². The summed E-state index contributed by atoms with van der Waals surface area (Å²) in [6.45, 7) is 3.25. The Labute approximate surface area is 118 Å². The van der Waals surface area contributed by atoms with Crippen molar-refractivity contribution in [3.63, 3.8) is 0 Å². The molecule has 2 nitrogen and oxygen atoms in total. The molecule has 0 bridgehead atoms. The Balaban J connectivity index is 1.84. The van der Waals surface area contributed by atoms with Crippen LogP contribution in [-0.2, 0) is 0 Å². The van der Waals surface area contributed by atoms with E-state index >= 15 is 0 Å². The van der Waals surface area contributed by atoms with Gasteiger partial charge in [-0.1, -0.05) is 30.3 Å². The van der Waals surface area contributed by atoms with E-state index in [9.17, 15) is 0 Å². The number of rotatable bonds is 1. The molecule has 0 aliphatic carbocycles. The fourth-order valence-electron chi connectivity index (χ4n) is 3.32. The highest BCUT2D eigenvalue weighted by molar-refractivity contribution is 5.80. The van der Waals surface area contributed by atoms with Crippen LogP contribution in [0.15, 0.2) is 54.7 Å². The smallest absolute Gasteiger partial charge is 0.0454 e. The molecule has 3 aromatic rings. The molecule has 1 aliphatic rings. The van der Waals surface area contributed by atoms with E-state index in [2.05, 4.69) is 65.8 Å². The molecule has 2 aromatic carbocycles. The molecule has 0 unspecified atom stereocenters. The molecule has 0 saturated carbocycles. The number of aromatic nitrogens is 1. The second kappa shape index (κ2) is 4.50. The number of H-pyrrole nitrogens is 1. The number of benzene rings is 2. The van der Waals surface area contributed by atoms with Crippen molar-refractivity contribution in [1.29, 1.82) is 0 Å². The van der Waals surface area contributed by atoms with Gasteiger partial charge in [0, 0.05) is 30.2 Å². The molecular weight excluding hydrogens is 244 g/mol. The Bertz CT molecular complexity index is 757. The first-order chi connectivity index (χ1) is 9.83. The molecule has 2 heteroatoms. The molecule has 1 aliphatic heterocycles. The van der Waals surface area contributed by atoms with Crippen LogP contribution in [-0.4, -0.2) is 11.5 Å². The molecule has 1 aromatic heterocycles. The Morgan fingerprint density at radius 2 is 1.85 bits per heavy atom. The molecule has 2 N–H and O–H groups in total. The molecule has 0 amide bonds. The molecule has 2 heterocycles. The molecular formula is C18H18N2. The normalized spacial score (nSPS) is 21.9. The second-order valence-electron chi connectivity index (χ2n) is 5.64. The monoisotopic (exact) mass is 262 g/mol. The third-order valence-corrected chi connectivity index (χ3v) is 4.45. The summed E-state index contributed by atoms with van der Waals surface area (Å²) in [5.74, 6) is 0.446. The number of aromatic amines is 1. The Morgan fingerprint density at radius 1 is 1.00 bits per heavy atom. The first-order valence-electron chi connectivity index (χ1n) is 7.22. The van der Waals surface area contributed by atoms with Gasteiger partial charge >= 0.3 is 0 Å². The molecule has 0 radical (unpaired) electrons. The van der Waals surface area contributed by atoms with Crippen molar-refractivity contribution in [2.24, 2.45) is 0 Å². The van der Waals surface area contributed by atoms with Gasteiger partial charge in [0.25, 0.3) is 0 Å². The lowest BCUT2D eigenvalue weighted by molar-refractivity contribution is 0.508. The van der Waals surface area contributed by atoms with E-state index in [-0.39, 0.29) is 0 Å². The summed E-state index contributed by atoms with van der Waals surface area (Å²) >= 11 is 0. The summed E-state index contributed by atoms with van der Waals surface area (Å²) in [7, 11) is 0. The number of nitrogens with one attached hydrogen (secondary N) is 2. The van der Waals surface area contributed by atoms with Crippen LogP contribution in [0.1, 0.15) is 35.6 Å². The lowest BCUT2D eigenvalue weighted by atomic mass is 9.83. The van der Waals surface area contributed by atoms with E-state index in [4.69, 9.17) is 0 Å². The van der Waals surface area contributed by atoms with Crippen LogP contribution in [0.2, 0.25) is 0 Å². The fraction of sp³-hybridized carbons (Fsp3) is 0.222. The lowest BCUT2D eigenvalue weighted by Crippen LogP contribution is -2.31. The first kappa shape index (κ1) is 11.7. The Kier molecular flexibility index (Phi) is 2.64. The zero-order chi connectivity index (χ0) is 13.5. The van der Waals surface area contributed by atoms with E-state index in [1.165, 1.54) is 27.6 Å². The SMILES string of the molecule is C[C@@H]1NC[C@H](c2ccc3[nH]ccc3c2)c2ccccc21. The van der Waals surface area contributed by atoms with Crippen LogP contribution < -0.4 is 5.32 Å². The van der Waals surface area contributed by atoms with E-state index in [1.54, 1.807) is 0 Å². The van der Waals surface area contributed by atoms with Gasteiger partial charge < -0.3 is 10.3 Å². The Hall–Kier alpha value is -2.06. The highest BCUT2D eigenvalue weighted by atomic mass is 14.9. The lowest BCUT2D eigenvalue weighted by Gasteiger charge is -2.31. The Morgan fingerprint density at radius 3 is 2.75 bits per heavy atom. The third kappa shape index (κ3) is 1.76. The average molecular weight is 262 g/mol. The molecule has 0 spiro atoms. The minimum Gasteiger partial charge on any atom is -0.361 e. The minimum atomic E-state index is 0.443. The maximum absolute atomic E-state index is 3.62. The van der Waals surface area contributed by atoms with E-state index in [0.29, 0.717) is 12.0 Å². The van der Waals surface area contributed by atoms with Gasteiger partial charge in [0.05, 0.1) is 0 Å². The van der Waals surface area contributed by atoms with Crippen molar-refractivity contribution in [1.82, 2.24) is 10.3 Å². The van der Waals surface area contributed by atoms with E-state index in [1.807, 2.05) is 6.20 Å². The first-order valence-corrected chi connectivity index (χ1v) is 7.22. The molecule has 20 heavy (non-hydrogen) atoms. The summed E-state index contributed by atoms with van der Waals surface area (Å²) in [5.41, 5.74) is 5.50. The molecule has 0 saturated heterocycles. The van der Waals surface area contributed by atoms with Crippen molar-refractivity contribution in [3.8, 4) is 0 Å². The molecule has 2 atom stereocenters.